The van der Waals surface area contributed by atoms with Gasteiger partial charge in [-0.15, -0.1) is 0 Å². The van der Waals surface area contributed by atoms with Gasteiger partial charge in [-0.3, -0.25) is 14.4 Å². The van der Waals surface area contributed by atoms with Crippen molar-refractivity contribution in [2.24, 2.45) is 5.92 Å². The smallest absolute Gasteiger partial charge is 0.258 e. The summed E-state index contributed by atoms with van der Waals surface area (Å²) in [6.07, 6.45) is 0.235. The van der Waals surface area contributed by atoms with Crippen molar-refractivity contribution in [2.45, 2.75) is 46.6 Å². The summed E-state index contributed by atoms with van der Waals surface area (Å²) in [6.45, 7) is 10.9. The Labute approximate surface area is 166 Å². The van der Waals surface area contributed by atoms with Crippen molar-refractivity contribution in [3.8, 4) is 5.75 Å². The third kappa shape index (κ3) is 5.97. The van der Waals surface area contributed by atoms with Crippen molar-refractivity contribution >= 4 is 17.7 Å². The normalized spacial score (nSPS) is 16.8. The predicted octanol–water partition coefficient (Wildman–Crippen LogP) is 1.56. The van der Waals surface area contributed by atoms with Crippen LogP contribution in [0.15, 0.2) is 18.2 Å². The number of rotatable bonds is 7. The van der Waals surface area contributed by atoms with E-state index in [1.807, 2.05) is 52.8 Å². The summed E-state index contributed by atoms with van der Waals surface area (Å²) < 4.78 is 5.48. The van der Waals surface area contributed by atoms with Gasteiger partial charge in [0.05, 0.1) is 5.92 Å². The zero-order chi connectivity index (χ0) is 20.9. The number of carbonyl (C=O) groups is 3. The Kier molecular flexibility index (Phi) is 7.05. The number of ether oxygens (including phenoxy) is 1. The molecule has 2 rings (SSSR count). The molecule has 0 bridgehead atoms. The summed E-state index contributed by atoms with van der Waals surface area (Å²) in [4.78, 5) is 37.9. The molecule has 1 aromatic carbocycles. The molecule has 1 aliphatic heterocycles. The van der Waals surface area contributed by atoms with Crippen molar-refractivity contribution < 1.29 is 19.1 Å². The van der Waals surface area contributed by atoms with Crippen molar-refractivity contribution in [1.29, 1.82) is 0 Å². The zero-order valence-electron chi connectivity index (χ0n) is 17.4. The molecule has 0 aliphatic carbocycles. The summed E-state index contributed by atoms with van der Waals surface area (Å²) in [7, 11) is 0. The highest BCUT2D eigenvalue weighted by Crippen LogP contribution is 2.25. The van der Waals surface area contributed by atoms with E-state index in [1.54, 1.807) is 4.90 Å². The Balaban J connectivity index is 1.65. The van der Waals surface area contributed by atoms with Crippen LogP contribution in [0.5, 0.6) is 5.75 Å². The van der Waals surface area contributed by atoms with Gasteiger partial charge in [-0.05, 0) is 57.9 Å². The van der Waals surface area contributed by atoms with Gasteiger partial charge in [-0.1, -0.05) is 6.07 Å². The fraction of sp³-hybridized carbons (Fsp3) is 0.571. The lowest BCUT2D eigenvalue weighted by Gasteiger charge is -2.31. The Morgan fingerprint density at radius 2 is 1.82 bits per heavy atom. The molecule has 0 aromatic heterocycles. The van der Waals surface area contributed by atoms with E-state index in [0.717, 1.165) is 5.56 Å². The minimum Gasteiger partial charge on any atom is -0.484 e. The number of amides is 3. The van der Waals surface area contributed by atoms with E-state index in [0.29, 0.717) is 25.4 Å². The molecule has 1 unspecified atom stereocenters. The topological polar surface area (TPSA) is 87.7 Å². The van der Waals surface area contributed by atoms with E-state index >= 15 is 0 Å². The number of carbonyl (C=O) groups excluding carboxylic acids is 3. The number of benzene rings is 1. The summed E-state index contributed by atoms with van der Waals surface area (Å²) in [6, 6.07) is 5.68. The fourth-order valence-corrected chi connectivity index (χ4v) is 3.07. The third-order valence-corrected chi connectivity index (χ3v) is 4.90. The molecule has 1 fully saturated rings. The number of nitrogens with one attached hydrogen (secondary N) is 2. The molecule has 1 aliphatic rings. The maximum absolute atomic E-state index is 12.3. The van der Waals surface area contributed by atoms with Crippen LogP contribution in [0.25, 0.3) is 0 Å². The SMILES string of the molecule is Cc1ccc(OCC(=O)NCCNC(=O)C2CC(=O)N(C(C)(C)C)C2)cc1C. The standard InChI is InChI=1S/C21H31N3O4/c1-14-6-7-17(10-15(14)2)28-13-18(25)22-8-9-23-20(27)16-11-19(26)24(12-16)21(3,4)5/h6-7,10,16H,8-9,11-13H2,1-5H3,(H,22,25)(H,23,27). The largest absolute Gasteiger partial charge is 0.484 e. The molecule has 0 radical (unpaired) electrons. The molecule has 154 valence electrons. The number of hydrogen-bond donors (Lipinski definition) is 2. The van der Waals surface area contributed by atoms with Crippen molar-refractivity contribution in [2.75, 3.05) is 26.2 Å². The first kappa shape index (κ1) is 21.7. The van der Waals surface area contributed by atoms with Gasteiger partial charge in [0, 0.05) is 31.6 Å². The van der Waals surface area contributed by atoms with E-state index in [9.17, 15) is 14.4 Å². The molecule has 7 nitrogen and oxygen atoms in total. The number of likely N-dealkylation sites (tertiary alicyclic amines) is 1. The fourth-order valence-electron chi connectivity index (χ4n) is 3.07. The van der Waals surface area contributed by atoms with Crippen molar-refractivity contribution in [3.63, 3.8) is 0 Å². The van der Waals surface area contributed by atoms with Crippen LogP contribution in [0, 0.1) is 19.8 Å². The van der Waals surface area contributed by atoms with Crippen LogP contribution in [0.1, 0.15) is 38.3 Å². The van der Waals surface area contributed by atoms with Crippen LogP contribution in [-0.4, -0.2) is 54.4 Å². The van der Waals surface area contributed by atoms with Crippen LogP contribution < -0.4 is 15.4 Å². The Morgan fingerprint density at radius 1 is 1.14 bits per heavy atom. The van der Waals surface area contributed by atoms with Crippen molar-refractivity contribution in [1.82, 2.24) is 15.5 Å². The van der Waals surface area contributed by atoms with Gasteiger partial charge >= 0.3 is 0 Å². The highest BCUT2D eigenvalue weighted by molar-refractivity contribution is 5.89. The van der Waals surface area contributed by atoms with Crippen LogP contribution in [0.2, 0.25) is 0 Å². The first-order valence-corrected chi connectivity index (χ1v) is 9.63. The third-order valence-electron chi connectivity index (χ3n) is 4.90. The Morgan fingerprint density at radius 3 is 2.43 bits per heavy atom. The average Bonchev–Trinajstić information content (AvgIpc) is 3.02. The molecule has 0 saturated carbocycles. The van der Waals surface area contributed by atoms with Gasteiger partial charge in [0.2, 0.25) is 11.8 Å². The maximum atomic E-state index is 12.3. The molecular formula is C21H31N3O4. The highest BCUT2D eigenvalue weighted by Gasteiger charge is 2.39. The van der Waals surface area contributed by atoms with E-state index < -0.39 is 0 Å². The average molecular weight is 389 g/mol. The minimum absolute atomic E-state index is 0.00411. The van der Waals surface area contributed by atoms with Crippen LogP contribution in [-0.2, 0) is 14.4 Å². The van der Waals surface area contributed by atoms with Gasteiger partial charge in [0.25, 0.3) is 5.91 Å². The van der Waals surface area contributed by atoms with Gasteiger partial charge in [0.15, 0.2) is 6.61 Å². The van der Waals surface area contributed by atoms with Gasteiger partial charge in [-0.25, -0.2) is 0 Å². The quantitative estimate of drug-likeness (QED) is 0.693. The lowest BCUT2D eigenvalue weighted by molar-refractivity contribution is -0.132. The number of aryl methyl sites for hydroxylation is 2. The van der Waals surface area contributed by atoms with E-state index in [4.69, 9.17) is 4.74 Å². The van der Waals surface area contributed by atoms with Crippen LogP contribution in [0.3, 0.4) is 0 Å². The molecule has 7 heteroatoms. The second-order valence-corrected chi connectivity index (χ2v) is 8.25. The lowest BCUT2D eigenvalue weighted by Crippen LogP contribution is -2.43. The minimum atomic E-state index is -0.337. The Hall–Kier alpha value is -2.57. The van der Waals surface area contributed by atoms with Gasteiger partial charge < -0.3 is 20.3 Å². The molecule has 1 atom stereocenters. The molecular weight excluding hydrogens is 358 g/mol. The maximum Gasteiger partial charge on any atom is 0.258 e. The number of hydrogen-bond acceptors (Lipinski definition) is 4. The van der Waals surface area contributed by atoms with E-state index in [1.165, 1.54) is 5.56 Å². The molecule has 28 heavy (non-hydrogen) atoms. The molecule has 1 saturated heterocycles. The monoisotopic (exact) mass is 389 g/mol. The number of nitrogens with zero attached hydrogens (tertiary/aromatic N) is 1. The molecule has 1 heterocycles. The lowest BCUT2D eigenvalue weighted by atomic mass is 10.1. The predicted molar refractivity (Wildman–Crippen MR) is 107 cm³/mol. The van der Waals surface area contributed by atoms with Gasteiger partial charge in [0.1, 0.15) is 5.75 Å². The summed E-state index contributed by atoms with van der Waals surface area (Å²) in [5.41, 5.74) is 1.99. The van der Waals surface area contributed by atoms with E-state index in [-0.39, 0.29) is 42.2 Å². The first-order valence-electron chi connectivity index (χ1n) is 9.63. The van der Waals surface area contributed by atoms with Crippen LogP contribution >= 0.6 is 0 Å². The molecule has 3 amide bonds. The first-order chi connectivity index (χ1) is 13.1. The van der Waals surface area contributed by atoms with Crippen molar-refractivity contribution in [3.05, 3.63) is 29.3 Å². The second-order valence-electron chi connectivity index (χ2n) is 8.25. The summed E-state index contributed by atoms with van der Waals surface area (Å²) in [5, 5.41) is 5.50. The molecule has 0 spiro atoms. The van der Waals surface area contributed by atoms with Gasteiger partial charge in [-0.2, -0.15) is 0 Å². The summed E-state index contributed by atoms with van der Waals surface area (Å²) in [5.74, 6) is -0.0796. The highest BCUT2D eigenvalue weighted by atomic mass is 16.5. The Bertz CT molecular complexity index is 740. The van der Waals surface area contributed by atoms with Crippen LogP contribution in [0.4, 0.5) is 0 Å². The molecule has 2 N–H and O–H groups in total. The second kappa shape index (κ2) is 9.08. The molecule has 1 aromatic rings. The zero-order valence-corrected chi connectivity index (χ0v) is 17.4. The summed E-state index contributed by atoms with van der Waals surface area (Å²) >= 11 is 0. The van der Waals surface area contributed by atoms with E-state index in [2.05, 4.69) is 10.6 Å².